The topological polar surface area (TPSA) is 72.8 Å². The molecule has 17 heavy (non-hydrogen) atoms. The highest BCUT2D eigenvalue weighted by Crippen LogP contribution is 2.06. The maximum absolute atomic E-state index is 11.0. The second-order valence-electron chi connectivity index (χ2n) is 3.32. The van der Waals surface area contributed by atoms with Crippen molar-refractivity contribution in [3.05, 3.63) is 25.3 Å². The lowest BCUT2D eigenvalue weighted by Crippen LogP contribution is -2.24. The molecular formula is C12H18O5. The van der Waals surface area contributed by atoms with Gasteiger partial charge in [-0.3, -0.25) is 0 Å². The highest BCUT2D eigenvalue weighted by atomic mass is 16.6. The third kappa shape index (κ3) is 8.21. The number of hydrogen-bond acceptors (Lipinski definition) is 5. The monoisotopic (exact) mass is 242 g/mol. The van der Waals surface area contributed by atoms with E-state index in [0.717, 1.165) is 12.2 Å². The number of carbonyl (C=O) groups excluding carboxylic acids is 2. The van der Waals surface area contributed by atoms with Crippen molar-refractivity contribution in [1.82, 2.24) is 0 Å². The largest absolute Gasteiger partial charge is 0.459 e. The molecule has 0 aromatic heterocycles. The van der Waals surface area contributed by atoms with Crippen LogP contribution in [0.5, 0.6) is 0 Å². The molecule has 96 valence electrons. The van der Waals surface area contributed by atoms with Crippen LogP contribution < -0.4 is 0 Å². The van der Waals surface area contributed by atoms with Crippen LogP contribution in [0.4, 0.5) is 0 Å². The van der Waals surface area contributed by atoms with Gasteiger partial charge < -0.3 is 14.6 Å². The summed E-state index contributed by atoms with van der Waals surface area (Å²) in [6, 6.07) is 0. The van der Waals surface area contributed by atoms with E-state index in [0.29, 0.717) is 19.3 Å². The number of hydrogen-bond donors (Lipinski definition) is 1. The molecule has 0 amide bonds. The number of ether oxygens (including phenoxy) is 2. The van der Waals surface area contributed by atoms with Crippen LogP contribution in [0.2, 0.25) is 0 Å². The van der Waals surface area contributed by atoms with Crippen molar-refractivity contribution in [3.63, 3.8) is 0 Å². The summed E-state index contributed by atoms with van der Waals surface area (Å²) in [6.45, 7) is 6.60. The number of unbranched alkanes of at least 4 members (excludes halogenated alkanes) is 1. The van der Waals surface area contributed by atoms with E-state index in [2.05, 4.69) is 13.2 Å². The summed E-state index contributed by atoms with van der Waals surface area (Å²) >= 11 is 0. The van der Waals surface area contributed by atoms with E-state index < -0.39 is 18.0 Å². The van der Waals surface area contributed by atoms with Gasteiger partial charge in [-0.05, 0) is 19.3 Å². The van der Waals surface area contributed by atoms with Crippen molar-refractivity contribution < 1.29 is 24.2 Å². The SMILES string of the molecule is C=CC(=O)OCC(CCCCO)OC(=O)C=C. The molecule has 5 heteroatoms. The van der Waals surface area contributed by atoms with Crippen molar-refractivity contribution in [2.75, 3.05) is 13.2 Å². The van der Waals surface area contributed by atoms with Gasteiger partial charge in [-0.25, -0.2) is 9.59 Å². The molecule has 5 nitrogen and oxygen atoms in total. The van der Waals surface area contributed by atoms with Gasteiger partial charge in [0.1, 0.15) is 12.7 Å². The predicted octanol–water partition coefficient (Wildman–Crippen LogP) is 0.976. The molecule has 1 atom stereocenters. The smallest absolute Gasteiger partial charge is 0.330 e. The lowest BCUT2D eigenvalue weighted by atomic mass is 10.1. The molecule has 0 saturated heterocycles. The Balaban J connectivity index is 4.08. The van der Waals surface area contributed by atoms with Crippen LogP contribution in [0, 0.1) is 0 Å². The molecule has 1 N–H and O–H groups in total. The number of esters is 2. The Hall–Kier alpha value is -1.62. The maximum atomic E-state index is 11.0. The second kappa shape index (κ2) is 9.59. The minimum atomic E-state index is -0.563. The average molecular weight is 242 g/mol. The van der Waals surface area contributed by atoms with E-state index in [1.807, 2.05) is 0 Å². The summed E-state index contributed by atoms with van der Waals surface area (Å²) in [4.78, 5) is 21.9. The van der Waals surface area contributed by atoms with Crippen molar-refractivity contribution in [1.29, 1.82) is 0 Å². The summed E-state index contributed by atoms with van der Waals surface area (Å²) in [5.74, 6) is -1.12. The van der Waals surface area contributed by atoms with Gasteiger partial charge in [0.25, 0.3) is 0 Å². The third-order valence-corrected chi connectivity index (χ3v) is 1.96. The molecule has 0 aliphatic carbocycles. The van der Waals surface area contributed by atoms with E-state index in [9.17, 15) is 9.59 Å². The van der Waals surface area contributed by atoms with Crippen LogP contribution in [0.15, 0.2) is 25.3 Å². The molecule has 0 bridgehead atoms. The predicted molar refractivity (Wildman–Crippen MR) is 62.2 cm³/mol. The summed E-state index contributed by atoms with van der Waals surface area (Å²) in [5.41, 5.74) is 0. The summed E-state index contributed by atoms with van der Waals surface area (Å²) in [6.07, 6.45) is 3.38. The van der Waals surface area contributed by atoms with E-state index in [-0.39, 0.29) is 13.2 Å². The minimum absolute atomic E-state index is 0.0180. The molecule has 0 rings (SSSR count). The van der Waals surface area contributed by atoms with E-state index in [1.165, 1.54) is 0 Å². The first-order chi connectivity index (χ1) is 8.13. The molecule has 0 aliphatic heterocycles. The lowest BCUT2D eigenvalue weighted by molar-refractivity contribution is -0.153. The Bertz CT molecular complexity index is 272. The quantitative estimate of drug-likeness (QED) is 0.370. The van der Waals surface area contributed by atoms with Crippen LogP contribution in [0.3, 0.4) is 0 Å². The molecule has 0 aliphatic rings. The molecule has 0 spiro atoms. The number of aliphatic hydroxyl groups is 1. The van der Waals surface area contributed by atoms with Gasteiger partial charge in [-0.15, -0.1) is 0 Å². The fraction of sp³-hybridized carbons (Fsp3) is 0.500. The maximum Gasteiger partial charge on any atom is 0.330 e. The van der Waals surface area contributed by atoms with Gasteiger partial charge in [0.05, 0.1) is 0 Å². The molecule has 0 saturated carbocycles. The first-order valence-corrected chi connectivity index (χ1v) is 5.37. The summed E-state index contributed by atoms with van der Waals surface area (Å²) in [5, 5.41) is 8.64. The van der Waals surface area contributed by atoms with Crippen LogP contribution in [-0.4, -0.2) is 36.4 Å². The highest BCUT2D eigenvalue weighted by Gasteiger charge is 2.14. The van der Waals surface area contributed by atoms with E-state index in [4.69, 9.17) is 14.6 Å². The van der Waals surface area contributed by atoms with Crippen molar-refractivity contribution in [2.24, 2.45) is 0 Å². The standard InChI is InChI=1S/C12H18O5/c1-3-11(14)16-9-10(7-5-6-8-13)17-12(15)4-2/h3-4,10,13H,1-2,5-9H2. The first kappa shape index (κ1) is 15.4. The van der Waals surface area contributed by atoms with Gasteiger partial charge in [-0.1, -0.05) is 13.2 Å². The molecule has 0 fully saturated rings. The Kier molecular flexibility index (Phi) is 8.68. The van der Waals surface area contributed by atoms with Gasteiger partial charge >= 0.3 is 11.9 Å². The minimum Gasteiger partial charge on any atom is -0.459 e. The average Bonchev–Trinajstić information content (AvgIpc) is 2.35. The molecule has 0 radical (unpaired) electrons. The molecular weight excluding hydrogens is 224 g/mol. The number of rotatable bonds is 9. The van der Waals surface area contributed by atoms with Gasteiger partial charge in [0, 0.05) is 18.8 Å². The van der Waals surface area contributed by atoms with Crippen LogP contribution in [0.25, 0.3) is 0 Å². The summed E-state index contributed by atoms with van der Waals surface area (Å²) < 4.78 is 9.79. The van der Waals surface area contributed by atoms with Crippen molar-refractivity contribution >= 4 is 11.9 Å². The fourth-order valence-corrected chi connectivity index (χ4v) is 1.11. The molecule has 0 aromatic carbocycles. The Morgan fingerprint density at radius 3 is 2.35 bits per heavy atom. The number of aliphatic hydroxyl groups excluding tert-OH is 1. The zero-order valence-corrected chi connectivity index (χ0v) is 9.76. The third-order valence-electron chi connectivity index (χ3n) is 1.96. The van der Waals surface area contributed by atoms with Crippen molar-refractivity contribution in [3.8, 4) is 0 Å². The van der Waals surface area contributed by atoms with E-state index in [1.54, 1.807) is 0 Å². The Morgan fingerprint density at radius 1 is 1.18 bits per heavy atom. The van der Waals surface area contributed by atoms with Crippen LogP contribution in [-0.2, 0) is 19.1 Å². The van der Waals surface area contributed by atoms with Gasteiger partial charge in [0.2, 0.25) is 0 Å². The van der Waals surface area contributed by atoms with Gasteiger partial charge in [-0.2, -0.15) is 0 Å². The van der Waals surface area contributed by atoms with E-state index >= 15 is 0 Å². The first-order valence-electron chi connectivity index (χ1n) is 5.37. The molecule has 0 heterocycles. The highest BCUT2D eigenvalue weighted by molar-refractivity contribution is 5.82. The zero-order chi connectivity index (χ0) is 13.1. The van der Waals surface area contributed by atoms with Gasteiger partial charge in [0.15, 0.2) is 0 Å². The normalized spacial score (nSPS) is 11.4. The molecule has 0 aromatic rings. The second-order valence-corrected chi connectivity index (χ2v) is 3.32. The van der Waals surface area contributed by atoms with Crippen molar-refractivity contribution in [2.45, 2.75) is 25.4 Å². The summed E-state index contributed by atoms with van der Waals surface area (Å²) in [7, 11) is 0. The number of carbonyl (C=O) groups is 2. The fourth-order valence-electron chi connectivity index (χ4n) is 1.11. The molecule has 1 unspecified atom stereocenters. The lowest BCUT2D eigenvalue weighted by Gasteiger charge is -2.16. The van der Waals surface area contributed by atoms with Crippen LogP contribution in [0.1, 0.15) is 19.3 Å². The zero-order valence-electron chi connectivity index (χ0n) is 9.76. The Labute approximate surface area is 101 Å². The van der Waals surface area contributed by atoms with Crippen LogP contribution >= 0.6 is 0 Å². The Morgan fingerprint density at radius 2 is 1.82 bits per heavy atom.